The van der Waals surface area contributed by atoms with Crippen molar-refractivity contribution < 1.29 is 38.2 Å². The summed E-state index contributed by atoms with van der Waals surface area (Å²) in [6.45, 7) is 0.618. The number of esters is 2. The minimum Gasteiger partial charge on any atom is -0.469 e. The normalized spacial score (nSPS) is 15.0. The van der Waals surface area contributed by atoms with Crippen LogP contribution in [-0.2, 0) is 35.1 Å². The number of hydrogen-bond acceptors (Lipinski definition) is 8. The highest BCUT2D eigenvalue weighted by Gasteiger charge is 2.37. The quantitative estimate of drug-likeness (QED) is 0.154. The van der Waals surface area contributed by atoms with Crippen molar-refractivity contribution >= 4 is 47.2 Å². The van der Waals surface area contributed by atoms with Crippen molar-refractivity contribution in [2.24, 2.45) is 0 Å². The molecule has 2 aliphatic heterocycles. The number of methoxy groups -OCH3 is 2. The molecule has 0 atom stereocenters. The van der Waals surface area contributed by atoms with Crippen LogP contribution in [0.5, 0.6) is 0 Å². The molecule has 0 bridgehead atoms. The van der Waals surface area contributed by atoms with Crippen LogP contribution in [0.3, 0.4) is 0 Å². The van der Waals surface area contributed by atoms with E-state index in [1.54, 1.807) is 0 Å². The Hall–Kier alpha value is -4.74. The first-order valence-corrected chi connectivity index (χ1v) is 15.3. The summed E-state index contributed by atoms with van der Waals surface area (Å²) in [6, 6.07) is 14.3. The lowest BCUT2D eigenvalue weighted by atomic mass is 10.0. The lowest BCUT2D eigenvalue weighted by molar-refractivity contribution is -0.141. The van der Waals surface area contributed by atoms with Gasteiger partial charge in [-0.25, -0.2) is 9.59 Å². The molecule has 0 unspecified atom stereocenters. The summed E-state index contributed by atoms with van der Waals surface area (Å²) < 4.78 is 9.25. The molecule has 240 valence electrons. The standard InChI is InChI=1S/C33H40N4O8/c1-44-30(40)9-5-3-7-19-34-28(38)22-36(32(34)42)26-15-11-24(12-16-26)21-25-13-17-27(18-14-25)37-23-29(39)35(33(37)43)20-8-4-6-10-31(41)45-2/h11-18H,3-10,19-23H2,1-2H3. The number of anilines is 2. The van der Waals surface area contributed by atoms with Gasteiger partial charge in [-0.2, -0.15) is 0 Å². The highest BCUT2D eigenvalue weighted by atomic mass is 16.5. The summed E-state index contributed by atoms with van der Waals surface area (Å²) in [6.07, 6.45) is 5.24. The topological polar surface area (TPSA) is 134 Å². The fourth-order valence-corrected chi connectivity index (χ4v) is 5.38. The third-order valence-electron chi connectivity index (χ3n) is 8.00. The Bertz CT molecular complexity index is 1290. The van der Waals surface area contributed by atoms with E-state index in [1.807, 2.05) is 48.5 Å². The molecule has 0 aliphatic carbocycles. The molecule has 2 fully saturated rings. The molecule has 2 aromatic carbocycles. The van der Waals surface area contributed by atoms with Gasteiger partial charge in [-0.15, -0.1) is 0 Å². The number of urea groups is 2. The molecule has 0 saturated carbocycles. The van der Waals surface area contributed by atoms with Crippen LogP contribution in [0.1, 0.15) is 62.5 Å². The van der Waals surface area contributed by atoms with Gasteiger partial charge in [-0.3, -0.25) is 38.8 Å². The van der Waals surface area contributed by atoms with E-state index in [2.05, 4.69) is 9.47 Å². The predicted octanol–water partition coefficient (Wildman–Crippen LogP) is 4.28. The zero-order chi connectivity index (χ0) is 32.3. The van der Waals surface area contributed by atoms with E-state index < -0.39 is 0 Å². The van der Waals surface area contributed by atoms with Gasteiger partial charge < -0.3 is 9.47 Å². The highest BCUT2D eigenvalue weighted by Crippen LogP contribution is 2.25. The van der Waals surface area contributed by atoms with Gasteiger partial charge in [0.15, 0.2) is 0 Å². The van der Waals surface area contributed by atoms with Crippen molar-refractivity contribution in [2.45, 2.75) is 57.8 Å². The summed E-state index contributed by atoms with van der Waals surface area (Å²) in [5.41, 5.74) is 3.31. The van der Waals surface area contributed by atoms with Crippen LogP contribution in [0, 0.1) is 0 Å². The van der Waals surface area contributed by atoms with Gasteiger partial charge in [0.05, 0.1) is 14.2 Å². The van der Waals surface area contributed by atoms with Gasteiger partial charge in [0, 0.05) is 37.3 Å². The Kier molecular flexibility index (Phi) is 11.7. The Morgan fingerprint density at radius 3 is 1.31 bits per heavy atom. The molecule has 0 radical (unpaired) electrons. The first-order valence-electron chi connectivity index (χ1n) is 15.3. The predicted molar refractivity (Wildman–Crippen MR) is 166 cm³/mol. The molecule has 2 aliphatic rings. The first kappa shape index (κ1) is 33.2. The molecule has 12 heteroatoms. The van der Waals surface area contributed by atoms with Gasteiger partial charge in [0.2, 0.25) is 0 Å². The smallest absolute Gasteiger partial charge is 0.331 e. The molecular formula is C33H40N4O8. The van der Waals surface area contributed by atoms with Gasteiger partial charge in [-0.05, 0) is 67.5 Å². The fourth-order valence-electron chi connectivity index (χ4n) is 5.38. The fraction of sp³-hybridized carbons (Fsp3) is 0.455. The molecule has 0 spiro atoms. The second kappa shape index (κ2) is 15.8. The molecule has 0 aromatic heterocycles. The van der Waals surface area contributed by atoms with Crippen LogP contribution in [0.25, 0.3) is 0 Å². The molecule has 2 aromatic rings. The lowest BCUT2D eigenvalue weighted by Gasteiger charge is -2.18. The van der Waals surface area contributed by atoms with Gasteiger partial charge >= 0.3 is 24.0 Å². The highest BCUT2D eigenvalue weighted by molar-refractivity contribution is 6.12. The Labute approximate surface area is 262 Å². The molecule has 4 rings (SSSR count). The SMILES string of the molecule is COC(=O)CCCCCN1C(=O)CN(c2ccc(Cc3ccc(N4CC(=O)N(CCCCCC(=O)OC)C4=O)cc3)cc2)C1=O. The number of nitrogens with zero attached hydrogens (tertiary/aromatic N) is 4. The van der Waals surface area contributed by atoms with E-state index in [0.717, 1.165) is 11.1 Å². The van der Waals surface area contributed by atoms with E-state index >= 15 is 0 Å². The van der Waals surface area contributed by atoms with Gasteiger partial charge in [0.25, 0.3) is 11.8 Å². The number of imide groups is 2. The van der Waals surface area contributed by atoms with Crippen LogP contribution in [-0.4, -0.2) is 86.0 Å². The first-order chi connectivity index (χ1) is 21.7. The maximum Gasteiger partial charge on any atom is 0.331 e. The zero-order valence-electron chi connectivity index (χ0n) is 25.9. The molecule has 2 saturated heterocycles. The summed E-state index contributed by atoms with van der Waals surface area (Å²) in [5, 5.41) is 0. The molecule has 45 heavy (non-hydrogen) atoms. The van der Waals surface area contributed by atoms with E-state index in [1.165, 1.54) is 33.8 Å². The van der Waals surface area contributed by atoms with Crippen molar-refractivity contribution in [3.63, 3.8) is 0 Å². The summed E-state index contributed by atoms with van der Waals surface area (Å²) in [7, 11) is 2.70. The van der Waals surface area contributed by atoms with Crippen LogP contribution in [0.2, 0.25) is 0 Å². The van der Waals surface area contributed by atoms with Gasteiger partial charge in [0.1, 0.15) is 13.1 Å². The lowest BCUT2D eigenvalue weighted by Crippen LogP contribution is -2.33. The monoisotopic (exact) mass is 620 g/mol. The third kappa shape index (κ3) is 8.68. The number of carbonyl (C=O) groups is 6. The zero-order valence-corrected chi connectivity index (χ0v) is 25.9. The van der Waals surface area contributed by atoms with Crippen LogP contribution in [0.15, 0.2) is 48.5 Å². The number of ether oxygens (including phenoxy) is 2. The number of hydrogen-bond donors (Lipinski definition) is 0. The van der Waals surface area contributed by atoms with Crippen LogP contribution < -0.4 is 9.80 Å². The minimum atomic E-state index is -0.344. The Morgan fingerprint density at radius 1 is 0.578 bits per heavy atom. The Morgan fingerprint density at radius 2 is 0.956 bits per heavy atom. The maximum atomic E-state index is 12.9. The summed E-state index contributed by atoms with van der Waals surface area (Å²) in [4.78, 5) is 78.8. The van der Waals surface area contributed by atoms with Crippen molar-refractivity contribution in [3.05, 3.63) is 59.7 Å². The summed E-state index contributed by atoms with van der Waals surface area (Å²) >= 11 is 0. The number of unbranched alkanes of at least 4 members (excludes halogenated alkanes) is 4. The second-order valence-electron chi connectivity index (χ2n) is 11.1. The number of rotatable bonds is 16. The number of carbonyl (C=O) groups excluding carboxylic acids is 6. The van der Waals surface area contributed by atoms with Crippen LogP contribution in [0.4, 0.5) is 21.0 Å². The largest absolute Gasteiger partial charge is 0.469 e. The van der Waals surface area contributed by atoms with Crippen molar-refractivity contribution in [1.82, 2.24) is 9.80 Å². The molecule has 0 N–H and O–H groups in total. The third-order valence-corrected chi connectivity index (χ3v) is 8.00. The van der Waals surface area contributed by atoms with Crippen molar-refractivity contribution in [2.75, 3.05) is 50.2 Å². The average Bonchev–Trinajstić information content (AvgIpc) is 3.49. The summed E-state index contributed by atoms with van der Waals surface area (Å²) in [5.74, 6) is -1.02. The molecule has 2 heterocycles. The molecule has 12 nitrogen and oxygen atoms in total. The minimum absolute atomic E-state index is 0.00759. The van der Waals surface area contributed by atoms with E-state index in [9.17, 15) is 28.8 Å². The Balaban J connectivity index is 1.25. The van der Waals surface area contributed by atoms with Gasteiger partial charge in [-0.1, -0.05) is 37.1 Å². The van der Waals surface area contributed by atoms with E-state index in [4.69, 9.17) is 0 Å². The second-order valence-corrected chi connectivity index (χ2v) is 11.1. The van der Waals surface area contributed by atoms with E-state index in [-0.39, 0.29) is 48.9 Å². The molecular weight excluding hydrogens is 580 g/mol. The average molecular weight is 621 g/mol. The number of amides is 6. The maximum absolute atomic E-state index is 12.9. The van der Waals surface area contributed by atoms with E-state index in [0.29, 0.717) is 82.3 Å². The number of benzene rings is 2. The van der Waals surface area contributed by atoms with Crippen molar-refractivity contribution in [1.29, 1.82) is 0 Å². The van der Waals surface area contributed by atoms with Crippen molar-refractivity contribution in [3.8, 4) is 0 Å². The van der Waals surface area contributed by atoms with Crippen LogP contribution >= 0.6 is 0 Å². The molecule has 6 amide bonds.